The Hall–Kier alpha value is -1.17. The van der Waals surface area contributed by atoms with Crippen LogP contribution >= 0.6 is 15.9 Å². The number of carbonyl (C=O) groups excluding carboxylic acids is 2. The molecule has 0 unspecified atom stereocenters. The average Bonchev–Trinajstić information content (AvgIpc) is 2.26. The second kappa shape index (κ2) is 4.78. The minimum atomic E-state index is -4.92. The Balaban J connectivity index is 3.09. The van der Waals surface area contributed by atoms with Gasteiger partial charge in [0.25, 0.3) is 5.78 Å². The van der Waals surface area contributed by atoms with Crippen LogP contribution in [0, 0.1) is 0 Å². The van der Waals surface area contributed by atoms with E-state index in [1.165, 1.54) is 12.1 Å². The SMILES string of the molecule is O=C(CBr)c1cccc(C(=O)C(F)(F)F)c1. The molecule has 0 aliphatic carbocycles. The van der Waals surface area contributed by atoms with E-state index in [4.69, 9.17) is 0 Å². The van der Waals surface area contributed by atoms with Crippen LogP contribution in [0.1, 0.15) is 20.7 Å². The first-order valence-electron chi connectivity index (χ1n) is 4.17. The second-order valence-electron chi connectivity index (χ2n) is 2.96. The highest BCUT2D eigenvalue weighted by Crippen LogP contribution is 2.22. The van der Waals surface area contributed by atoms with Crippen molar-refractivity contribution >= 4 is 27.5 Å². The molecule has 0 amide bonds. The highest BCUT2D eigenvalue weighted by molar-refractivity contribution is 9.09. The number of alkyl halides is 4. The maximum atomic E-state index is 12.1. The summed E-state index contributed by atoms with van der Waals surface area (Å²) in [4.78, 5) is 22.1. The number of hydrogen-bond donors (Lipinski definition) is 0. The van der Waals surface area contributed by atoms with Gasteiger partial charge in [0.2, 0.25) is 0 Å². The summed E-state index contributed by atoms with van der Waals surface area (Å²) in [7, 11) is 0. The monoisotopic (exact) mass is 294 g/mol. The molecule has 0 bridgehead atoms. The summed E-state index contributed by atoms with van der Waals surface area (Å²) in [5, 5.41) is -0.00331. The normalized spacial score (nSPS) is 11.2. The van der Waals surface area contributed by atoms with Crippen molar-refractivity contribution < 1.29 is 22.8 Å². The van der Waals surface area contributed by atoms with Crippen LogP contribution < -0.4 is 0 Å². The van der Waals surface area contributed by atoms with Crippen LogP contribution in [0.2, 0.25) is 0 Å². The van der Waals surface area contributed by atoms with Gasteiger partial charge in [0, 0.05) is 11.1 Å². The molecule has 2 nitrogen and oxygen atoms in total. The Morgan fingerprint density at radius 1 is 1.19 bits per heavy atom. The topological polar surface area (TPSA) is 34.1 Å². The van der Waals surface area contributed by atoms with Crippen molar-refractivity contribution in [2.75, 3.05) is 5.33 Å². The molecule has 0 atom stereocenters. The third kappa shape index (κ3) is 2.91. The Morgan fingerprint density at radius 2 is 1.75 bits per heavy atom. The summed E-state index contributed by atoms with van der Waals surface area (Å²) < 4.78 is 36.3. The number of halogens is 4. The van der Waals surface area contributed by atoms with Gasteiger partial charge in [-0.2, -0.15) is 13.2 Å². The molecule has 0 spiro atoms. The number of Topliss-reactive ketones (excluding diaryl/α,β-unsaturated/α-hetero) is 2. The predicted molar refractivity (Wildman–Crippen MR) is 55.0 cm³/mol. The minimum Gasteiger partial charge on any atom is -0.293 e. The van der Waals surface area contributed by atoms with Crippen LogP contribution in [0.5, 0.6) is 0 Å². The van der Waals surface area contributed by atoms with Crippen molar-refractivity contribution in [2.24, 2.45) is 0 Å². The summed E-state index contributed by atoms with van der Waals surface area (Å²) in [6.45, 7) is 0. The zero-order valence-electron chi connectivity index (χ0n) is 7.84. The van der Waals surface area contributed by atoms with Crippen LogP contribution in [0.4, 0.5) is 13.2 Å². The van der Waals surface area contributed by atoms with Crippen LogP contribution in [0.25, 0.3) is 0 Å². The predicted octanol–water partition coefficient (Wildman–Crippen LogP) is 3.01. The fraction of sp³-hybridized carbons (Fsp3) is 0.200. The molecule has 0 saturated carbocycles. The molecule has 86 valence electrons. The summed E-state index contributed by atoms with van der Waals surface area (Å²) in [6, 6.07) is 4.58. The Labute approximate surface area is 97.6 Å². The van der Waals surface area contributed by atoms with E-state index in [1.54, 1.807) is 0 Å². The zero-order valence-corrected chi connectivity index (χ0v) is 9.43. The van der Waals surface area contributed by atoms with Gasteiger partial charge in [0.1, 0.15) is 0 Å². The van der Waals surface area contributed by atoms with Gasteiger partial charge < -0.3 is 0 Å². The van der Waals surface area contributed by atoms with E-state index in [-0.39, 0.29) is 16.7 Å². The molecular formula is C10H6BrF3O2. The van der Waals surface area contributed by atoms with Gasteiger partial charge in [0.05, 0.1) is 5.33 Å². The lowest BCUT2D eigenvalue weighted by atomic mass is 10.1. The molecule has 16 heavy (non-hydrogen) atoms. The number of hydrogen-bond acceptors (Lipinski definition) is 2. The van der Waals surface area contributed by atoms with Gasteiger partial charge in [-0.25, -0.2) is 0 Å². The highest BCUT2D eigenvalue weighted by Gasteiger charge is 2.39. The third-order valence-electron chi connectivity index (χ3n) is 1.83. The molecule has 0 heterocycles. The van der Waals surface area contributed by atoms with Crippen molar-refractivity contribution in [2.45, 2.75) is 6.18 Å². The van der Waals surface area contributed by atoms with E-state index in [0.717, 1.165) is 12.1 Å². The fourth-order valence-electron chi connectivity index (χ4n) is 1.07. The Bertz CT molecular complexity index is 426. The molecular weight excluding hydrogens is 289 g/mol. The van der Waals surface area contributed by atoms with Gasteiger partial charge in [-0.15, -0.1) is 0 Å². The molecule has 0 N–H and O–H groups in total. The first-order chi connectivity index (χ1) is 7.36. The molecule has 1 aromatic rings. The molecule has 0 aromatic heterocycles. The van der Waals surface area contributed by atoms with Crippen molar-refractivity contribution in [3.8, 4) is 0 Å². The van der Waals surface area contributed by atoms with E-state index in [9.17, 15) is 22.8 Å². The highest BCUT2D eigenvalue weighted by atomic mass is 79.9. The van der Waals surface area contributed by atoms with Crippen LogP contribution in [0.15, 0.2) is 24.3 Å². The smallest absolute Gasteiger partial charge is 0.293 e. The summed E-state index contributed by atoms with van der Waals surface area (Å²) in [6.07, 6.45) is -4.92. The number of carbonyl (C=O) groups is 2. The van der Waals surface area contributed by atoms with Gasteiger partial charge in [-0.05, 0) is 6.07 Å². The Morgan fingerprint density at radius 3 is 2.25 bits per heavy atom. The van der Waals surface area contributed by atoms with Gasteiger partial charge in [0.15, 0.2) is 5.78 Å². The van der Waals surface area contributed by atoms with Crippen molar-refractivity contribution in [3.63, 3.8) is 0 Å². The maximum Gasteiger partial charge on any atom is 0.454 e. The van der Waals surface area contributed by atoms with Crippen molar-refractivity contribution in [1.82, 2.24) is 0 Å². The standard InChI is InChI=1S/C10H6BrF3O2/c11-5-8(15)6-2-1-3-7(4-6)9(16)10(12,13)14/h1-4H,5H2. The van der Waals surface area contributed by atoms with Crippen molar-refractivity contribution in [3.05, 3.63) is 35.4 Å². The lowest BCUT2D eigenvalue weighted by Crippen LogP contribution is -2.23. The van der Waals surface area contributed by atoms with E-state index < -0.39 is 17.5 Å². The largest absolute Gasteiger partial charge is 0.454 e. The van der Waals surface area contributed by atoms with Crippen LogP contribution in [-0.2, 0) is 0 Å². The third-order valence-corrected chi connectivity index (χ3v) is 2.33. The molecule has 0 radical (unpaired) electrons. The molecule has 1 aromatic carbocycles. The van der Waals surface area contributed by atoms with Crippen LogP contribution in [0.3, 0.4) is 0 Å². The lowest BCUT2D eigenvalue weighted by Gasteiger charge is -2.05. The average molecular weight is 295 g/mol. The number of rotatable bonds is 3. The lowest BCUT2D eigenvalue weighted by molar-refractivity contribution is -0.0885. The summed E-state index contributed by atoms with van der Waals surface area (Å²) >= 11 is 2.90. The van der Waals surface area contributed by atoms with E-state index in [2.05, 4.69) is 15.9 Å². The molecule has 0 aliphatic heterocycles. The van der Waals surface area contributed by atoms with Gasteiger partial charge in [-0.1, -0.05) is 34.1 Å². The Kier molecular flexibility index (Phi) is 3.85. The summed E-state index contributed by atoms with van der Waals surface area (Å²) in [5.41, 5.74) is -0.453. The second-order valence-corrected chi connectivity index (χ2v) is 3.53. The van der Waals surface area contributed by atoms with E-state index in [1.807, 2.05) is 0 Å². The molecule has 0 saturated heterocycles. The first kappa shape index (κ1) is 12.9. The van der Waals surface area contributed by atoms with Gasteiger partial charge >= 0.3 is 6.18 Å². The van der Waals surface area contributed by atoms with E-state index in [0.29, 0.717) is 0 Å². The minimum absolute atomic E-state index is 0.00331. The summed E-state index contributed by atoms with van der Waals surface area (Å²) in [5.74, 6) is -2.33. The maximum absolute atomic E-state index is 12.1. The molecule has 0 fully saturated rings. The van der Waals surface area contributed by atoms with Crippen LogP contribution in [-0.4, -0.2) is 23.1 Å². The molecule has 1 rings (SSSR count). The molecule has 6 heteroatoms. The first-order valence-corrected chi connectivity index (χ1v) is 5.29. The molecule has 0 aliphatic rings. The zero-order chi connectivity index (χ0) is 12.3. The number of ketones is 2. The van der Waals surface area contributed by atoms with Crippen molar-refractivity contribution in [1.29, 1.82) is 0 Å². The quantitative estimate of drug-likeness (QED) is 0.634. The van der Waals surface area contributed by atoms with Gasteiger partial charge in [-0.3, -0.25) is 9.59 Å². The number of benzene rings is 1. The van der Waals surface area contributed by atoms with E-state index >= 15 is 0 Å². The fourth-order valence-corrected chi connectivity index (χ4v) is 1.40.